The van der Waals surface area contributed by atoms with Crippen LogP contribution in [-0.2, 0) is 0 Å². The normalized spacial score (nSPS) is 11.0. The van der Waals surface area contributed by atoms with Crippen molar-refractivity contribution >= 4 is 33.0 Å². The predicted molar refractivity (Wildman–Crippen MR) is 97.9 cm³/mol. The molecule has 0 aliphatic heterocycles. The molecular formula is C19H8ClF2NO3S. The first kappa shape index (κ1) is 17.3. The smallest absolute Gasteiger partial charge is 0.170 e. The van der Waals surface area contributed by atoms with Gasteiger partial charge in [0.05, 0.1) is 21.5 Å². The number of hydrogen-bond donors (Lipinski definition) is 2. The fraction of sp³-hybridized carbons (Fsp3) is 0. The number of nitrogens with zero attached hydrogens (tertiary/aromatic N) is 1. The van der Waals surface area contributed by atoms with Gasteiger partial charge in [0.15, 0.2) is 17.3 Å². The minimum atomic E-state index is -0.941. The van der Waals surface area contributed by atoms with Gasteiger partial charge in [-0.2, -0.15) is 5.26 Å². The first-order valence-electron chi connectivity index (χ1n) is 7.52. The van der Waals surface area contributed by atoms with Crippen LogP contribution in [0.1, 0.15) is 5.56 Å². The van der Waals surface area contributed by atoms with Crippen molar-refractivity contribution in [1.29, 1.82) is 5.26 Å². The highest BCUT2D eigenvalue weighted by Gasteiger charge is 2.24. The summed E-state index contributed by atoms with van der Waals surface area (Å²) in [5.41, 5.74) is 0.795. The number of aromatic hydroxyl groups is 2. The minimum absolute atomic E-state index is 0.161. The third kappa shape index (κ3) is 2.70. The van der Waals surface area contributed by atoms with Crippen molar-refractivity contribution in [3.8, 4) is 39.3 Å². The average Bonchev–Trinajstić information content (AvgIpc) is 3.22. The summed E-state index contributed by atoms with van der Waals surface area (Å²) in [5.74, 6) is -2.44. The molecule has 0 radical (unpaired) electrons. The van der Waals surface area contributed by atoms with Crippen molar-refractivity contribution < 1.29 is 23.4 Å². The fourth-order valence-corrected chi connectivity index (χ4v) is 4.24. The van der Waals surface area contributed by atoms with Gasteiger partial charge in [-0.05, 0) is 29.8 Å². The van der Waals surface area contributed by atoms with Crippen LogP contribution in [0.5, 0.6) is 11.5 Å². The van der Waals surface area contributed by atoms with E-state index in [1.165, 1.54) is 24.5 Å². The maximum atomic E-state index is 14.4. The fourth-order valence-electron chi connectivity index (χ4n) is 2.86. The number of fused-ring (bicyclic) bond motifs is 1. The Morgan fingerprint density at radius 3 is 2.59 bits per heavy atom. The molecule has 0 spiro atoms. The molecule has 0 atom stereocenters. The van der Waals surface area contributed by atoms with E-state index in [0.29, 0.717) is 15.8 Å². The van der Waals surface area contributed by atoms with Gasteiger partial charge in [0, 0.05) is 21.9 Å². The third-order valence-corrected chi connectivity index (χ3v) is 5.57. The van der Waals surface area contributed by atoms with Gasteiger partial charge in [0.1, 0.15) is 17.6 Å². The molecule has 0 fully saturated rings. The predicted octanol–water partition coefficient (Wildman–Crippen LogP) is 6.04. The number of phenolic OH excluding ortho intramolecular Hbond substituents is 2. The molecule has 0 saturated carbocycles. The molecule has 2 aromatic heterocycles. The van der Waals surface area contributed by atoms with Gasteiger partial charge in [0.2, 0.25) is 0 Å². The highest BCUT2D eigenvalue weighted by molar-refractivity contribution is 7.23. The number of hydrogen-bond acceptors (Lipinski definition) is 5. The number of rotatable bonds is 2. The molecule has 0 aliphatic rings. The number of furan rings is 1. The molecule has 0 amide bonds. The van der Waals surface area contributed by atoms with E-state index in [1.807, 2.05) is 6.07 Å². The maximum Gasteiger partial charge on any atom is 0.170 e. The van der Waals surface area contributed by atoms with Crippen molar-refractivity contribution in [2.45, 2.75) is 0 Å². The SMILES string of the molecule is N#Cc1ccoc1-c1c(-c2cc(F)c(O)c(Cl)c2)sc2c(F)cc(O)cc12. The van der Waals surface area contributed by atoms with Gasteiger partial charge in [-0.15, -0.1) is 11.3 Å². The molecule has 4 rings (SSSR count). The lowest BCUT2D eigenvalue weighted by Crippen LogP contribution is -1.85. The number of halogens is 3. The number of phenols is 2. The molecule has 0 saturated heterocycles. The van der Waals surface area contributed by atoms with Crippen molar-refractivity contribution in [3.63, 3.8) is 0 Å². The van der Waals surface area contributed by atoms with Crippen molar-refractivity contribution in [1.82, 2.24) is 0 Å². The monoisotopic (exact) mass is 403 g/mol. The molecule has 4 nitrogen and oxygen atoms in total. The van der Waals surface area contributed by atoms with Crippen molar-refractivity contribution in [2.75, 3.05) is 0 Å². The Morgan fingerprint density at radius 1 is 1.11 bits per heavy atom. The molecule has 2 aromatic carbocycles. The first-order chi connectivity index (χ1) is 12.9. The van der Waals surface area contributed by atoms with E-state index in [-0.39, 0.29) is 32.4 Å². The second kappa shape index (κ2) is 6.27. The maximum absolute atomic E-state index is 14.4. The summed E-state index contributed by atoms with van der Waals surface area (Å²) in [7, 11) is 0. The molecule has 2 heterocycles. The number of nitriles is 1. The van der Waals surface area contributed by atoms with Crippen LogP contribution in [0, 0.1) is 23.0 Å². The van der Waals surface area contributed by atoms with E-state index < -0.39 is 17.4 Å². The highest BCUT2D eigenvalue weighted by atomic mass is 35.5. The Bertz CT molecular complexity index is 1230. The van der Waals surface area contributed by atoms with Crippen molar-refractivity contribution in [2.24, 2.45) is 0 Å². The van der Waals surface area contributed by atoms with Gasteiger partial charge in [0.25, 0.3) is 0 Å². The van der Waals surface area contributed by atoms with Crippen LogP contribution < -0.4 is 0 Å². The summed E-state index contributed by atoms with van der Waals surface area (Å²) in [5, 5.41) is 28.8. The van der Waals surface area contributed by atoms with Gasteiger partial charge in [-0.3, -0.25) is 0 Å². The topological polar surface area (TPSA) is 77.4 Å². The highest BCUT2D eigenvalue weighted by Crippen LogP contribution is 2.48. The van der Waals surface area contributed by atoms with Crippen LogP contribution in [0.2, 0.25) is 5.02 Å². The van der Waals surface area contributed by atoms with E-state index in [4.69, 9.17) is 16.0 Å². The van der Waals surface area contributed by atoms with Crippen LogP contribution in [0.15, 0.2) is 41.0 Å². The molecular weight excluding hydrogens is 396 g/mol. The Morgan fingerprint density at radius 2 is 1.89 bits per heavy atom. The first-order valence-corrected chi connectivity index (χ1v) is 8.71. The number of thiophene rings is 1. The average molecular weight is 404 g/mol. The molecule has 134 valence electrons. The zero-order valence-electron chi connectivity index (χ0n) is 13.3. The Hall–Kier alpha value is -3.08. The second-order valence-corrected chi connectivity index (χ2v) is 7.10. The summed E-state index contributed by atoms with van der Waals surface area (Å²) >= 11 is 6.88. The number of benzene rings is 2. The van der Waals surface area contributed by atoms with E-state index in [1.54, 1.807) is 0 Å². The molecule has 27 heavy (non-hydrogen) atoms. The van der Waals surface area contributed by atoms with Gasteiger partial charge in [-0.25, -0.2) is 8.78 Å². The molecule has 8 heteroatoms. The summed E-state index contributed by atoms with van der Waals surface area (Å²) in [6, 6.07) is 8.13. The van der Waals surface area contributed by atoms with Gasteiger partial charge < -0.3 is 14.6 Å². The summed E-state index contributed by atoms with van der Waals surface area (Å²) in [6.07, 6.45) is 1.31. The van der Waals surface area contributed by atoms with E-state index in [0.717, 1.165) is 23.5 Å². The van der Waals surface area contributed by atoms with Crippen molar-refractivity contribution in [3.05, 3.63) is 58.8 Å². The molecule has 0 aliphatic carbocycles. The lowest BCUT2D eigenvalue weighted by molar-refractivity contribution is 0.433. The van der Waals surface area contributed by atoms with E-state index in [2.05, 4.69) is 0 Å². The summed E-state index contributed by atoms with van der Waals surface area (Å²) in [4.78, 5) is 0.377. The zero-order valence-corrected chi connectivity index (χ0v) is 14.8. The van der Waals surface area contributed by atoms with Crippen LogP contribution in [-0.4, -0.2) is 10.2 Å². The van der Waals surface area contributed by atoms with Crippen LogP contribution >= 0.6 is 22.9 Å². The van der Waals surface area contributed by atoms with Gasteiger partial charge in [-0.1, -0.05) is 11.6 Å². The summed E-state index contributed by atoms with van der Waals surface area (Å²) < 4.78 is 34.1. The minimum Gasteiger partial charge on any atom is -0.508 e. The molecule has 0 unspecified atom stereocenters. The standard InChI is InChI=1S/C19H8ClF2NO3S/c20-12-3-9(4-13(21)16(12)25)18-15(17-8(7-23)1-2-26-17)11-5-10(24)6-14(22)19(11)27-18/h1-6,24-25H. The summed E-state index contributed by atoms with van der Waals surface area (Å²) in [6.45, 7) is 0. The largest absolute Gasteiger partial charge is 0.508 e. The lowest BCUT2D eigenvalue weighted by Gasteiger charge is -2.06. The van der Waals surface area contributed by atoms with Crippen LogP contribution in [0.3, 0.4) is 0 Å². The third-order valence-electron chi connectivity index (χ3n) is 4.02. The molecule has 0 bridgehead atoms. The second-order valence-electron chi connectivity index (χ2n) is 5.67. The molecule has 2 N–H and O–H groups in total. The Balaban J connectivity index is 2.14. The molecule has 4 aromatic rings. The lowest BCUT2D eigenvalue weighted by atomic mass is 10.0. The quantitative estimate of drug-likeness (QED) is 0.427. The zero-order chi connectivity index (χ0) is 19.3. The van der Waals surface area contributed by atoms with E-state index >= 15 is 0 Å². The van der Waals surface area contributed by atoms with Crippen LogP contribution in [0.25, 0.3) is 31.9 Å². The van der Waals surface area contributed by atoms with Crippen LogP contribution in [0.4, 0.5) is 8.78 Å². The Kier molecular flexibility index (Phi) is 4.02. The Labute approximate surface area is 160 Å². The van der Waals surface area contributed by atoms with E-state index in [9.17, 15) is 24.3 Å². The van der Waals surface area contributed by atoms with Gasteiger partial charge >= 0.3 is 0 Å².